The van der Waals surface area contributed by atoms with Gasteiger partial charge >= 0.3 is 0 Å². The van der Waals surface area contributed by atoms with Crippen molar-refractivity contribution >= 4 is 15.9 Å². The van der Waals surface area contributed by atoms with Crippen LogP contribution >= 0.6 is 0 Å². The van der Waals surface area contributed by atoms with Crippen LogP contribution in [0.4, 0.5) is 0 Å². The van der Waals surface area contributed by atoms with Gasteiger partial charge in [0, 0.05) is 5.92 Å². The lowest BCUT2D eigenvalue weighted by molar-refractivity contribution is -0.125. The summed E-state index contributed by atoms with van der Waals surface area (Å²) in [5, 5.41) is 0. The van der Waals surface area contributed by atoms with Crippen molar-refractivity contribution in [2.75, 3.05) is 0 Å². The molecule has 1 aliphatic carbocycles. The van der Waals surface area contributed by atoms with Crippen LogP contribution in [0, 0.1) is 5.92 Å². The summed E-state index contributed by atoms with van der Waals surface area (Å²) in [6.45, 7) is 3.62. The first kappa shape index (κ1) is 15.0. The predicted octanol–water partition coefficient (Wildman–Crippen LogP) is 1.53. The monoisotopic (exact) mass is 296 g/mol. The van der Waals surface area contributed by atoms with Gasteiger partial charge in [-0.15, -0.1) is 4.83 Å². The molecule has 0 unspecified atom stereocenters. The molecule has 1 aromatic rings. The third-order valence-corrected chi connectivity index (χ3v) is 4.99. The number of fused-ring (bicyclic) bond motifs is 1. The van der Waals surface area contributed by atoms with Crippen LogP contribution in [0.3, 0.4) is 0 Å². The Kier molecular flexibility index (Phi) is 4.45. The molecule has 0 heterocycles. The Morgan fingerprint density at radius 2 is 2.00 bits per heavy atom. The van der Waals surface area contributed by atoms with Crippen LogP contribution in [-0.4, -0.2) is 14.3 Å². The van der Waals surface area contributed by atoms with E-state index >= 15 is 0 Å². The zero-order valence-corrected chi connectivity index (χ0v) is 12.6. The van der Waals surface area contributed by atoms with Gasteiger partial charge in [0.05, 0.1) is 4.90 Å². The van der Waals surface area contributed by atoms with E-state index in [4.69, 9.17) is 0 Å². The van der Waals surface area contributed by atoms with Gasteiger partial charge < -0.3 is 0 Å². The molecule has 2 N–H and O–H groups in total. The number of aryl methyl sites for hydroxylation is 2. The molecule has 0 saturated heterocycles. The van der Waals surface area contributed by atoms with Crippen LogP contribution in [-0.2, 0) is 27.7 Å². The van der Waals surface area contributed by atoms with Gasteiger partial charge in [-0.05, 0) is 48.9 Å². The summed E-state index contributed by atoms with van der Waals surface area (Å²) in [4.78, 5) is 14.0. The number of amides is 1. The van der Waals surface area contributed by atoms with E-state index in [9.17, 15) is 13.2 Å². The third-order valence-electron chi connectivity index (χ3n) is 3.75. The summed E-state index contributed by atoms with van der Waals surface area (Å²) >= 11 is 0. The number of carbonyl (C=O) groups excluding carboxylic acids is 1. The standard InChI is InChI=1S/C14H20N2O3S/c1-3-10(2)14(17)15-16-20(18,19)13-8-7-11-5-4-6-12(11)9-13/h7-10,16H,3-6H2,1-2H3,(H,15,17)/t10-/m0/s1. The fraction of sp³-hybridized carbons (Fsp3) is 0.500. The maximum Gasteiger partial charge on any atom is 0.257 e. The lowest BCUT2D eigenvalue weighted by Gasteiger charge is -2.12. The van der Waals surface area contributed by atoms with Crippen molar-refractivity contribution in [1.29, 1.82) is 0 Å². The minimum Gasteiger partial charge on any atom is -0.277 e. The molecule has 0 bridgehead atoms. The molecular formula is C14H20N2O3S. The molecule has 0 saturated carbocycles. The van der Waals surface area contributed by atoms with Crippen LogP contribution in [0.5, 0.6) is 0 Å². The smallest absolute Gasteiger partial charge is 0.257 e. The van der Waals surface area contributed by atoms with Crippen molar-refractivity contribution in [3.05, 3.63) is 29.3 Å². The van der Waals surface area contributed by atoms with E-state index in [0.29, 0.717) is 6.42 Å². The Morgan fingerprint density at radius 1 is 1.30 bits per heavy atom. The van der Waals surface area contributed by atoms with E-state index in [1.807, 2.05) is 13.0 Å². The highest BCUT2D eigenvalue weighted by molar-refractivity contribution is 7.89. The largest absolute Gasteiger partial charge is 0.277 e. The van der Waals surface area contributed by atoms with E-state index in [1.165, 1.54) is 5.56 Å². The first-order valence-electron chi connectivity index (χ1n) is 6.87. The molecule has 1 amide bonds. The summed E-state index contributed by atoms with van der Waals surface area (Å²) in [7, 11) is -3.70. The number of carbonyl (C=O) groups is 1. The molecule has 0 radical (unpaired) electrons. The van der Waals surface area contributed by atoms with Crippen LogP contribution in [0.25, 0.3) is 0 Å². The minimum atomic E-state index is -3.70. The van der Waals surface area contributed by atoms with Gasteiger partial charge in [0.25, 0.3) is 10.0 Å². The average Bonchev–Trinajstić information content (AvgIpc) is 2.91. The van der Waals surface area contributed by atoms with E-state index in [2.05, 4.69) is 10.3 Å². The average molecular weight is 296 g/mol. The zero-order valence-electron chi connectivity index (χ0n) is 11.8. The maximum absolute atomic E-state index is 12.1. The number of rotatable bonds is 5. The Labute approximate surface area is 119 Å². The van der Waals surface area contributed by atoms with E-state index < -0.39 is 10.0 Å². The second kappa shape index (κ2) is 5.93. The van der Waals surface area contributed by atoms with Gasteiger partial charge in [-0.2, -0.15) is 0 Å². The van der Waals surface area contributed by atoms with Gasteiger partial charge in [0.15, 0.2) is 0 Å². The van der Waals surface area contributed by atoms with Crippen molar-refractivity contribution in [1.82, 2.24) is 10.3 Å². The first-order chi connectivity index (χ1) is 9.44. The molecule has 110 valence electrons. The second-order valence-corrected chi connectivity index (χ2v) is 6.87. The molecule has 0 fully saturated rings. The van der Waals surface area contributed by atoms with E-state index in [-0.39, 0.29) is 16.7 Å². The number of sulfonamides is 1. The molecule has 0 spiro atoms. The Bertz CT molecular complexity index is 611. The van der Waals surface area contributed by atoms with E-state index in [1.54, 1.807) is 19.1 Å². The van der Waals surface area contributed by atoms with Crippen molar-refractivity contribution in [3.63, 3.8) is 0 Å². The maximum atomic E-state index is 12.1. The summed E-state index contributed by atoms with van der Waals surface area (Å²) in [6.07, 6.45) is 3.65. The highest BCUT2D eigenvalue weighted by atomic mass is 32.2. The molecule has 2 rings (SSSR count). The number of hydrogen-bond acceptors (Lipinski definition) is 3. The topological polar surface area (TPSA) is 75.3 Å². The van der Waals surface area contributed by atoms with Crippen molar-refractivity contribution in [2.45, 2.75) is 44.4 Å². The summed E-state index contributed by atoms with van der Waals surface area (Å²) in [6, 6.07) is 5.13. The molecule has 0 aromatic heterocycles. The Hall–Kier alpha value is -1.40. The van der Waals surface area contributed by atoms with Gasteiger partial charge in [-0.25, -0.2) is 8.42 Å². The molecule has 0 aliphatic heterocycles. The third kappa shape index (κ3) is 3.19. The second-order valence-electron chi connectivity index (χ2n) is 5.19. The molecular weight excluding hydrogens is 276 g/mol. The van der Waals surface area contributed by atoms with Gasteiger partial charge in [0.1, 0.15) is 0 Å². The van der Waals surface area contributed by atoms with Crippen LogP contribution in [0.1, 0.15) is 37.8 Å². The summed E-state index contributed by atoms with van der Waals surface area (Å²) < 4.78 is 24.2. The number of hydrogen-bond donors (Lipinski definition) is 2. The number of nitrogens with one attached hydrogen (secondary N) is 2. The van der Waals surface area contributed by atoms with Gasteiger partial charge in [0.2, 0.25) is 5.91 Å². The highest BCUT2D eigenvalue weighted by Crippen LogP contribution is 2.24. The molecule has 1 aromatic carbocycles. The van der Waals surface area contributed by atoms with Gasteiger partial charge in [-0.3, -0.25) is 10.2 Å². The highest BCUT2D eigenvalue weighted by Gasteiger charge is 2.20. The molecule has 5 nitrogen and oxygen atoms in total. The quantitative estimate of drug-likeness (QED) is 0.809. The van der Waals surface area contributed by atoms with Crippen LogP contribution in [0.2, 0.25) is 0 Å². The van der Waals surface area contributed by atoms with Gasteiger partial charge in [-0.1, -0.05) is 19.9 Å². The van der Waals surface area contributed by atoms with Crippen molar-refractivity contribution in [3.8, 4) is 0 Å². The molecule has 1 atom stereocenters. The molecule has 6 heteroatoms. The fourth-order valence-corrected chi connectivity index (χ4v) is 3.10. The van der Waals surface area contributed by atoms with Crippen molar-refractivity contribution < 1.29 is 13.2 Å². The number of hydrazine groups is 1. The number of benzene rings is 1. The Balaban J connectivity index is 2.09. The van der Waals surface area contributed by atoms with Crippen molar-refractivity contribution in [2.24, 2.45) is 5.92 Å². The molecule has 20 heavy (non-hydrogen) atoms. The lowest BCUT2D eigenvalue weighted by atomic mass is 10.1. The summed E-state index contributed by atoms with van der Waals surface area (Å²) in [5.74, 6) is -0.546. The molecule has 1 aliphatic rings. The van der Waals surface area contributed by atoms with Crippen LogP contribution < -0.4 is 10.3 Å². The SMILES string of the molecule is CC[C@H](C)C(=O)NNS(=O)(=O)c1ccc2c(c1)CCC2. The normalized spacial score (nSPS) is 15.7. The minimum absolute atomic E-state index is 0.197. The van der Waals surface area contributed by atoms with E-state index in [0.717, 1.165) is 24.8 Å². The van der Waals surface area contributed by atoms with Crippen LogP contribution in [0.15, 0.2) is 23.1 Å². The fourth-order valence-electron chi connectivity index (χ4n) is 2.20. The summed E-state index contributed by atoms with van der Waals surface area (Å²) in [5.41, 5.74) is 4.56. The lowest BCUT2D eigenvalue weighted by Crippen LogP contribution is -2.43. The predicted molar refractivity (Wildman–Crippen MR) is 76.4 cm³/mol. The first-order valence-corrected chi connectivity index (χ1v) is 8.36. The zero-order chi connectivity index (χ0) is 14.8. The Morgan fingerprint density at radius 3 is 2.70 bits per heavy atom.